The first-order valence-electron chi connectivity index (χ1n) is 10.8. The lowest BCUT2D eigenvalue weighted by atomic mass is 10.0. The number of benzene rings is 2. The van der Waals surface area contributed by atoms with Crippen LogP contribution in [0.2, 0.25) is 0 Å². The highest BCUT2D eigenvalue weighted by Crippen LogP contribution is 2.38. The first-order valence-corrected chi connectivity index (χ1v) is 10.8. The van der Waals surface area contributed by atoms with Crippen molar-refractivity contribution in [1.29, 1.82) is 0 Å². The summed E-state index contributed by atoms with van der Waals surface area (Å²) in [7, 11) is 4.43. The number of rotatable bonds is 13. The highest BCUT2D eigenvalue weighted by molar-refractivity contribution is 6.39. The molecule has 0 saturated heterocycles. The molecule has 0 bridgehead atoms. The predicted octanol–water partition coefficient (Wildman–Crippen LogP) is 3.44. The number of nitrogens with zero attached hydrogens (tertiary/aromatic N) is 1. The number of nitrogens with one attached hydrogen (secondary N) is 1. The molecule has 0 saturated carbocycles. The Labute approximate surface area is 199 Å². The van der Waals surface area contributed by atoms with Gasteiger partial charge in [-0.3, -0.25) is 4.79 Å². The summed E-state index contributed by atoms with van der Waals surface area (Å²) >= 11 is 0. The Kier molecular flexibility index (Phi) is 10.2. The van der Waals surface area contributed by atoms with Gasteiger partial charge in [-0.15, -0.1) is 0 Å². The number of carboxylic acids is 1. The third kappa shape index (κ3) is 7.68. The normalized spacial score (nSPS) is 12.1. The van der Waals surface area contributed by atoms with E-state index in [1.165, 1.54) is 21.3 Å². The molecule has 0 heterocycles. The lowest BCUT2D eigenvalue weighted by molar-refractivity contribution is -0.141. The van der Waals surface area contributed by atoms with Gasteiger partial charge in [0, 0.05) is 12.8 Å². The van der Waals surface area contributed by atoms with Gasteiger partial charge < -0.3 is 29.5 Å². The third-order valence-electron chi connectivity index (χ3n) is 4.88. The monoisotopic (exact) mass is 472 g/mol. The maximum atomic E-state index is 12.9. The van der Waals surface area contributed by atoms with E-state index in [0.717, 1.165) is 5.56 Å². The van der Waals surface area contributed by atoms with Crippen molar-refractivity contribution in [2.24, 2.45) is 11.1 Å². The molecule has 2 N–H and O–H groups in total. The van der Waals surface area contributed by atoms with E-state index in [4.69, 9.17) is 19.0 Å². The number of hydrogen-bond donors (Lipinski definition) is 2. The Bertz CT molecular complexity index is 965. The Morgan fingerprint density at radius 2 is 1.59 bits per heavy atom. The maximum Gasteiger partial charge on any atom is 0.326 e. The lowest BCUT2D eigenvalue weighted by Gasteiger charge is -2.18. The second kappa shape index (κ2) is 13.1. The number of aliphatic carboxylic acids is 1. The molecule has 0 aromatic heterocycles. The zero-order chi connectivity index (χ0) is 25.1. The molecule has 9 nitrogen and oxygen atoms in total. The molecule has 34 heavy (non-hydrogen) atoms. The highest BCUT2D eigenvalue weighted by Gasteiger charge is 2.25. The zero-order valence-corrected chi connectivity index (χ0v) is 20.2. The van der Waals surface area contributed by atoms with Crippen molar-refractivity contribution in [1.82, 2.24) is 5.32 Å². The summed E-state index contributed by atoms with van der Waals surface area (Å²) in [5.74, 6) is -0.486. The average Bonchev–Trinajstić information content (AvgIpc) is 2.82. The van der Waals surface area contributed by atoms with Gasteiger partial charge in [-0.1, -0.05) is 49.3 Å². The summed E-state index contributed by atoms with van der Waals surface area (Å²) in [6.07, 6.45) is 0.328. The maximum absolute atomic E-state index is 12.9. The minimum atomic E-state index is -1.21. The van der Waals surface area contributed by atoms with Crippen LogP contribution in [0.4, 0.5) is 0 Å². The van der Waals surface area contributed by atoms with Crippen molar-refractivity contribution in [3.05, 3.63) is 53.6 Å². The second-order valence-electron chi connectivity index (χ2n) is 8.00. The highest BCUT2D eigenvalue weighted by atomic mass is 16.6. The van der Waals surface area contributed by atoms with Crippen molar-refractivity contribution in [3.8, 4) is 17.2 Å². The Balaban J connectivity index is 2.19. The number of ether oxygens (including phenoxy) is 3. The first-order chi connectivity index (χ1) is 16.3. The van der Waals surface area contributed by atoms with Gasteiger partial charge in [-0.05, 0) is 29.2 Å². The van der Waals surface area contributed by atoms with Crippen LogP contribution in [0.3, 0.4) is 0 Å². The van der Waals surface area contributed by atoms with Gasteiger partial charge in [0.1, 0.15) is 18.4 Å². The summed E-state index contributed by atoms with van der Waals surface area (Å²) in [6.45, 7) is 4.07. The summed E-state index contributed by atoms with van der Waals surface area (Å²) in [4.78, 5) is 30.2. The van der Waals surface area contributed by atoms with Crippen LogP contribution < -0.4 is 19.5 Å². The SMILES string of the molecule is COc1cc(CC(NC(=O)C(CC(C)C)=NOCc2ccccc2)C(=O)O)cc(OC)c1OC. The van der Waals surface area contributed by atoms with E-state index in [0.29, 0.717) is 29.2 Å². The zero-order valence-electron chi connectivity index (χ0n) is 20.2. The fourth-order valence-electron chi connectivity index (χ4n) is 3.25. The number of carbonyl (C=O) groups excluding carboxylic acids is 1. The molecule has 9 heteroatoms. The third-order valence-corrected chi connectivity index (χ3v) is 4.88. The summed E-state index contributed by atoms with van der Waals surface area (Å²) in [6, 6.07) is 11.5. The molecule has 2 aromatic rings. The fourth-order valence-corrected chi connectivity index (χ4v) is 3.25. The largest absolute Gasteiger partial charge is 0.493 e. The Morgan fingerprint density at radius 3 is 2.09 bits per heavy atom. The lowest BCUT2D eigenvalue weighted by Crippen LogP contribution is -2.45. The minimum absolute atomic E-state index is 0.00236. The van der Waals surface area contributed by atoms with Gasteiger partial charge in [0.25, 0.3) is 5.91 Å². The minimum Gasteiger partial charge on any atom is -0.493 e. The molecule has 0 aliphatic carbocycles. The standard InChI is InChI=1S/C25H32N2O7/c1-16(2)11-19(27-34-15-17-9-7-6-8-10-17)24(28)26-20(25(29)30)12-18-13-21(31-3)23(33-5)22(14-18)32-4/h6-10,13-14,16,20H,11-12,15H2,1-5H3,(H,26,28)(H,29,30). The van der Waals surface area contributed by atoms with Gasteiger partial charge in [-0.25, -0.2) is 4.79 Å². The second-order valence-corrected chi connectivity index (χ2v) is 8.00. The fraction of sp³-hybridized carbons (Fsp3) is 0.400. The molecule has 2 rings (SSSR count). The summed E-state index contributed by atoms with van der Waals surface area (Å²) in [5.41, 5.74) is 1.62. The van der Waals surface area contributed by atoms with E-state index >= 15 is 0 Å². The van der Waals surface area contributed by atoms with Crippen LogP contribution in [-0.4, -0.2) is 50.1 Å². The molecular formula is C25H32N2O7. The Hall–Kier alpha value is -3.75. The molecule has 1 unspecified atom stereocenters. The van der Waals surface area contributed by atoms with E-state index < -0.39 is 17.9 Å². The van der Waals surface area contributed by atoms with Crippen molar-refractivity contribution in [2.45, 2.75) is 39.3 Å². The molecule has 0 aliphatic rings. The number of carboxylic acid groups (broad SMARTS) is 1. The van der Waals surface area contributed by atoms with Gasteiger partial charge >= 0.3 is 5.97 Å². The molecule has 0 fully saturated rings. The van der Waals surface area contributed by atoms with Crippen molar-refractivity contribution < 1.29 is 33.7 Å². The molecule has 0 spiro atoms. The van der Waals surface area contributed by atoms with Crippen molar-refractivity contribution in [2.75, 3.05) is 21.3 Å². The van der Waals surface area contributed by atoms with Gasteiger partial charge in [0.2, 0.25) is 5.75 Å². The molecule has 0 radical (unpaired) electrons. The predicted molar refractivity (Wildman–Crippen MR) is 127 cm³/mol. The van der Waals surface area contributed by atoms with Crippen molar-refractivity contribution in [3.63, 3.8) is 0 Å². The topological polar surface area (TPSA) is 116 Å². The van der Waals surface area contributed by atoms with E-state index in [-0.39, 0.29) is 24.7 Å². The Morgan fingerprint density at radius 1 is 0.971 bits per heavy atom. The first kappa shape index (κ1) is 26.5. The molecular weight excluding hydrogens is 440 g/mol. The van der Waals surface area contributed by atoms with Crippen LogP contribution in [0.5, 0.6) is 17.2 Å². The molecule has 184 valence electrons. The van der Waals surface area contributed by atoms with Gasteiger partial charge in [0.05, 0.1) is 21.3 Å². The van der Waals surface area contributed by atoms with E-state index in [9.17, 15) is 14.7 Å². The number of amides is 1. The van der Waals surface area contributed by atoms with Crippen LogP contribution in [0.15, 0.2) is 47.6 Å². The quantitative estimate of drug-likeness (QED) is 0.339. The van der Waals surface area contributed by atoms with Crippen LogP contribution >= 0.6 is 0 Å². The number of hydrogen-bond acceptors (Lipinski definition) is 7. The molecule has 0 aliphatic heterocycles. The van der Waals surface area contributed by atoms with E-state index in [1.54, 1.807) is 12.1 Å². The van der Waals surface area contributed by atoms with Crippen LogP contribution in [0.1, 0.15) is 31.4 Å². The van der Waals surface area contributed by atoms with E-state index in [1.807, 2.05) is 44.2 Å². The number of carbonyl (C=O) groups is 2. The van der Waals surface area contributed by atoms with Crippen molar-refractivity contribution >= 4 is 17.6 Å². The summed E-state index contributed by atoms with van der Waals surface area (Å²) in [5, 5.41) is 16.3. The van der Waals surface area contributed by atoms with Crippen LogP contribution in [0, 0.1) is 5.92 Å². The van der Waals surface area contributed by atoms with Gasteiger partial charge in [0.15, 0.2) is 11.5 Å². The molecule has 2 aromatic carbocycles. The van der Waals surface area contributed by atoms with Crippen LogP contribution in [-0.2, 0) is 27.5 Å². The van der Waals surface area contributed by atoms with Gasteiger partial charge in [-0.2, -0.15) is 0 Å². The summed E-state index contributed by atoms with van der Waals surface area (Å²) < 4.78 is 16.0. The number of methoxy groups -OCH3 is 3. The number of oxime groups is 1. The average molecular weight is 473 g/mol. The molecule has 1 amide bonds. The smallest absolute Gasteiger partial charge is 0.326 e. The molecule has 1 atom stereocenters. The van der Waals surface area contributed by atoms with Crippen LogP contribution in [0.25, 0.3) is 0 Å². The van der Waals surface area contributed by atoms with E-state index in [2.05, 4.69) is 10.5 Å².